The Labute approximate surface area is 87.7 Å². The van der Waals surface area contributed by atoms with Crippen LogP contribution in [0, 0.1) is 17.1 Å². The zero-order chi connectivity index (χ0) is 12.5. The highest BCUT2D eigenvalue weighted by molar-refractivity contribution is 5.49. The van der Waals surface area contributed by atoms with Crippen LogP contribution in [0.15, 0.2) is 12.1 Å². The van der Waals surface area contributed by atoms with Gasteiger partial charge in [0.15, 0.2) is 11.6 Å². The van der Waals surface area contributed by atoms with Crippen LogP contribution >= 0.6 is 0 Å². The van der Waals surface area contributed by atoms with Gasteiger partial charge in [-0.05, 0) is 12.1 Å². The lowest BCUT2D eigenvalue weighted by Gasteiger charge is -2.18. The average Bonchev–Trinajstić information content (AvgIpc) is 2.19. The van der Waals surface area contributed by atoms with Crippen molar-refractivity contribution in [1.29, 1.82) is 5.26 Å². The Morgan fingerprint density at radius 3 is 2.38 bits per heavy atom. The van der Waals surface area contributed by atoms with Crippen LogP contribution in [-0.4, -0.2) is 11.3 Å². The molecule has 3 N–H and O–H groups in total. The predicted molar refractivity (Wildman–Crippen MR) is 45.8 cm³/mol. The Bertz CT molecular complexity index is 450. The topological polar surface area (TPSA) is 70.0 Å². The number of hydrogen-bond acceptors (Lipinski definition) is 3. The average molecular weight is 234 g/mol. The molecule has 1 atom stereocenters. The zero-order valence-corrected chi connectivity index (χ0v) is 7.72. The number of aromatic hydroxyl groups is 1. The second-order valence-electron chi connectivity index (χ2n) is 2.99. The second kappa shape index (κ2) is 3.98. The first-order chi connectivity index (χ1) is 7.29. The van der Waals surface area contributed by atoms with Crippen molar-refractivity contribution in [1.82, 2.24) is 0 Å². The van der Waals surface area contributed by atoms with Crippen LogP contribution in [0.3, 0.4) is 0 Å². The molecule has 0 fully saturated rings. The number of halogens is 4. The van der Waals surface area contributed by atoms with Gasteiger partial charge in [-0.25, -0.2) is 4.39 Å². The normalized spacial score (nSPS) is 13.2. The molecule has 0 bridgehead atoms. The molecule has 0 saturated heterocycles. The SMILES string of the molecule is N#Cc1ccc(F)c(O)c1[C@H](N)C(F)(F)F. The number of nitriles is 1. The molecule has 1 aromatic carbocycles. The largest absolute Gasteiger partial charge is 0.505 e. The Balaban J connectivity index is 3.43. The van der Waals surface area contributed by atoms with Crippen molar-refractivity contribution in [3.05, 3.63) is 29.1 Å². The van der Waals surface area contributed by atoms with E-state index in [4.69, 9.17) is 16.1 Å². The van der Waals surface area contributed by atoms with E-state index in [2.05, 4.69) is 0 Å². The summed E-state index contributed by atoms with van der Waals surface area (Å²) in [6.07, 6.45) is -4.86. The maximum atomic E-state index is 12.9. The number of alkyl halides is 3. The molecule has 0 saturated carbocycles. The molecule has 0 heterocycles. The van der Waals surface area contributed by atoms with Gasteiger partial charge in [-0.3, -0.25) is 0 Å². The van der Waals surface area contributed by atoms with Crippen LogP contribution in [0.4, 0.5) is 17.6 Å². The Morgan fingerprint density at radius 2 is 1.94 bits per heavy atom. The van der Waals surface area contributed by atoms with Crippen molar-refractivity contribution in [2.75, 3.05) is 0 Å². The summed E-state index contributed by atoms with van der Waals surface area (Å²) in [5.41, 5.74) is 3.36. The van der Waals surface area contributed by atoms with Gasteiger partial charge in [-0.2, -0.15) is 18.4 Å². The quantitative estimate of drug-likeness (QED) is 0.729. The summed E-state index contributed by atoms with van der Waals surface area (Å²) >= 11 is 0. The number of benzene rings is 1. The van der Waals surface area contributed by atoms with Crippen LogP contribution in [-0.2, 0) is 0 Å². The highest BCUT2D eigenvalue weighted by atomic mass is 19.4. The van der Waals surface area contributed by atoms with Gasteiger partial charge in [-0.15, -0.1) is 0 Å². The molecule has 0 spiro atoms. The molecule has 0 radical (unpaired) electrons. The number of phenols is 1. The third-order valence-electron chi connectivity index (χ3n) is 1.95. The maximum absolute atomic E-state index is 12.9. The van der Waals surface area contributed by atoms with E-state index < -0.39 is 34.9 Å². The Hall–Kier alpha value is -1.81. The van der Waals surface area contributed by atoms with Gasteiger partial charge in [0.1, 0.15) is 6.04 Å². The first kappa shape index (κ1) is 12.3. The van der Waals surface area contributed by atoms with Gasteiger partial charge in [0.2, 0.25) is 0 Å². The van der Waals surface area contributed by atoms with E-state index in [-0.39, 0.29) is 0 Å². The van der Waals surface area contributed by atoms with Crippen molar-refractivity contribution in [3.63, 3.8) is 0 Å². The lowest BCUT2D eigenvalue weighted by atomic mass is 9.99. The summed E-state index contributed by atoms with van der Waals surface area (Å²) in [6, 6.07) is 0.335. The van der Waals surface area contributed by atoms with E-state index in [0.717, 1.165) is 6.07 Å². The van der Waals surface area contributed by atoms with Crippen LogP contribution in [0.2, 0.25) is 0 Å². The molecule has 0 aliphatic rings. The standard InChI is InChI=1S/C9H6F4N2O/c10-5-2-1-4(3-14)6(7(5)16)8(15)9(11,12)13/h1-2,8,16H,15H2/t8-/m0/s1. The number of rotatable bonds is 1. The molecule has 1 rings (SSSR count). The molecular formula is C9H6F4N2O. The first-order valence-corrected chi connectivity index (χ1v) is 4.02. The Morgan fingerprint density at radius 1 is 1.38 bits per heavy atom. The van der Waals surface area contributed by atoms with Gasteiger partial charge in [0.25, 0.3) is 0 Å². The summed E-state index contributed by atoms with van der Waals surface area (Å²) in [5, 5.41) is 17.7. The molecule has 0 aliphatic heterocycles. The third kappa shape index (κ3) is 2.06. The molecule has 86 valence electrons. The van der Waals surface area contributed by atoms with Gasteiger partial charge >= 0.3 is 6.18 Å². The summed E-state index contributed by atoms with van der Waals surface area (Å²) in [7, 11) is 0. The molecule has 0 aliphatic carbocycles. The van der Waals surface area contributed by atoms with E-state index in [1.54, 1.807) is 0 Å². The number of nitrogens with two attached hydrogens (primary N) is 1. The molecule has 0 aromatic heterocycles. The lowest BCUT2D eigenvalue weighted by molar-refractivity contribution is -0.149. The second-order valence-corrected chi connectivity index (χ2v) is 2.99. The third-order valence-corrected chi connectivity index (χ3v) is 1.95. The molecule has 1 aromatic rings. The van der Waals surface area contributed by atoms with Crippen molar-refractivity contribution in [3.8, 4) is 11.8 Å². The number of hydrogen-bond donors (Lipinski definition) is 2. The van der Waals surface area contributed by atoms with Crippen LogP contribution < -0.4 is 5.73 Å². The predicted octanol–water partition coefficient (Wildman–Crippen LogP) is 1.97. The van der Waals surface area contributed by atoms with Crippen LogP contribution in [0.1, 0.15) is 17.2 Å². The van der Waals surface area contributed by atoms with E-state index in [9.17, 15) is 17.6 Å². The van der Waals surface area contributed by atoms with E-state index in [1.807, 2.05) is 0 Å². The molecule has 3 nitrogen and oxygen atoms in total. The van der Waals surface area contributed by atoms with E-state index in [1.165, 1.54) is 6.07 Å². The van der Waals surface area contributed by atoms with Gasteiger partial charge < -0.3 is 10.8 Å². The maximum Gasteiger partial charge on any atom is 0.407 e. The summed E-state index contributed by atoms with van der Waals surface area (Å²) in [4.78, 5) is 0. The summed E-state index contributed by atoms with van der Waals surface area (Å²) in [6.45, 7) is 0. The fourth-order valence-corrected chi connectivity index (χ4v) is 1.16. The molecule has 7 heteroatoms. The molecule has 0 unspecified atom stereocenters. The van der Waals surface area contributed by atoms with Crippen LogP contribution in [0.25, 0.3) is 0 Å². The molecule has 0 amide bonds. The highest BCUT2D eigenvalue weighted by Gasteiger charge is 2.41. The Kier molecular flexibility index (Phi) is 3.05. The highest BCUT2D eigenvalue weighted by Crippen LogP contribution is 2.37. The summed E-state index contributed by atoms with van der Waals surface area (Å²) < 4.78 is 49.7. The van der Waals surface area contributed by atoms with Crippen molar-refractivity contribution in [2.45, 2.75) is 12.2 Å². The van der Waals surface area contributed by atoms with Gasteiger partial charge in [0, 0.05) is 5.56 Å². The number of nitrogens with zero attached hydrogens (tertiary/aromatic N) is 1. The van der Waals surface area contributed by atoms with Crippen molar-refractivity contribution >= 4 is 0 Å². The lowest BCUT2D eigenvalue weighted by Crippen LogP contribution is -2.29. The minimum atomic E-state index is -4.86. The van der Waals surface area contributed by atoms with E-state index >= 15 is 0 Å². The number of phenolic OH excluding ortho intramolecular Hbond substituents is 1. The first-order valence-electron chi connectivity index (χ1n) is 4.02. The smallest absolute Gasteiger partial charge is 0.407 e. The van der Waals surface area contributed by atoms with Gasteiger partial charge in [-0.1, -0.05) is 0 Å². The minimum Gasteiger partial charge on any atom is -0.505 e. The van der Waals surface area contributed by atoms with Crippen LogP contribution in [0.5, 0.6) is 5.75 Å². The zero-order valence-electron chi connectivity index (χ0n) is 7.72. The summed E-state index contributed by atoms with van der Waals surface area (Å²) in [5.74, 6) is -2.50. The minimum absolute atomic E-state index is 0.510. The van der Waals surface area contributed by atoms with Crippen molar-refractivity contribution in [2.24, 2.45) is 5.73 Å². The fraction of sp³-hybridized carbons (Fsp3) is 0.222. The van der Waals surface area contributed by atoms with E-state index in [0.29, 0.717) is 6.07 Å². The van der Waals surface area contributed by atoms with Crippen molar-refractivity contribution < 1.29 is 22.7 Å². The molecular weight excluding hydrogens is 228 g/mol. The molecule has 16 heavy (non-hydrogen) atoms. The monoisotopic (exact) mass is 234 g/mol. The van der Waals surface area contributed by atoms with Gasteiger partial charge in [0.05, 0.1) is 11.6 Å². The fourth-order valence-electron chi connectivity index (χ4n) is 1.16.